The Kier molecular flexibility index (Phi) is 2.59. The van der Waals surface area contributed by atoms with Crippen LogP contribution in [0.3, 0.4) is 0 Å². The van der Waals surface area contributed by atoms with Crippen molar-refractivity contribution in [3.63, 3.8) is 0 Å². The van der Waals surface area contributed by atoms with Crippen molar-refractivity contribution in [3.8, 4) is 16.9 Å². The largest absolute Gasteiger partial charge is 0.496 e. The van der Waals surface area contributed by atoms with Crippen molar-refractivity contribution in [2.45, 2.75) is 0 Å². The average Bonchev–Trinajstić information content (AvgIpc) is 2.65. The van der Waals surface area contributed by atoms with E-state index in [9.17, 15) is 0 Å². The van der Waals surface area contributed by atoms with Gasteiger partial charge in [-0.2, -0.15) is 0 Å². The van der Waals surface area contributed by atoms with Crippen molar-refractivity contribution in [2.75, 3.05) is 7.11 Å². The lowest BCUT2D eigenvalue weighted by Gasteiger charge is -2.04. The molecule has 1 aromatic heterocycles. The molecule has 14 heavy (non-hydrogen) atoms. The van der Waals surface area contributed by atoms with Crippen molar-refractivity contribution in [2.24, 2.45) is 0 Å². The maximum atomic E-state index is 5.25. The summed E-state index contributed by atoms with van der Waals surface area (Å²) in [4.78, 5) is 0. The Morgan fingerprint density at radius 1 is 1.29 bits per heavy atom. The van der Waals surface area contributed by atoms with Gasteiger partial charge >= 0.3 is 0 Å². The van der Waals surface area contributed by atoms with E-state index in [1.807, 2.05) is 30.3 Å². The molecule has 0 aliphatic heterocycles. The van der Waals surface area contributed by atoms with E-state index in [-0.39, 0.29) is 0 Å². The minimum absolute atomic E-state index is 0.721. The lowest BCUT2D eigenvalue weighted by atomic mass is 10.1. The first-order valence-corrected chi connectivity index (χ1v) is 4.98. The number of furan rings is 1. The van der Waals surface area contributed by atoms with E-state index < -0.39 is 0 Å². The zero-order chi connectivity index (χ0) is 9.97. The van der Waals surface area contributed by atoms with Crippen LogP contribution in [0.25, 0.3) is 11.1 Å². The van der Waals surface area contributed by atoms with Gasteiger partial charge in [-0.1, -0.05) is 18.2 Å². The standard InChI is InChI=1S/C11H9BrO2/c1-13-10-5-3-2-4-9(10)8-6-11(12)14-7-8/h2-7H,1H3. The molecule has 0 atom stereocenters. The molecule has 0 aliphatic carbocycles. The molecule has 0 fully saturated rings. The molecule has 0 unspecified atom stereocenters. The Morgan fingerprint density at radius 2 is 2.07 bits per heavy atom. The maximum absolute atomic E-state index is 5.25. The van der Waals surface area contributed by atoms with Crippen LogP contribution in [0.15, 0.2) is 45.7 Å². The monoisotopic (exact) mass is 252 g/mol. The number of para-hydroxylation sites is 1. The van der Waals surface area contributed by atoms with Crippen LogP contribution in [0.4, 0.5) is 0 Å². The van der Waals surface area contributed by atoms with Crippen LogP contribution in [-0.4, -0.2) is 7.11 Å². The quantitative estimate of drug-likeness (QED) is 0.813. The van der Waals surface area contributed by atoms with E-state index in [1.165, 1.54) is 0 Å². The van der Waals surface area contributed by atoms with Crippen LogP contribution >= 0.6 is 15.9 Å². The molecule has 0 bridgehead atoms. The minimum Gasteiger partial charge on any atom is -0.496 e. The third-order valence-electron chi connectivity index (χ3n) is 1.99. The van der Waals surface area contributed by atoms with Crippen molar-refractivity contribution in [1.82, 2.24) is 0 Å². The summed E-state index contributed by atoms with van der Waals surface area (Å²) in [7, 11) is 1.66. The Morgan fingerprint density at radius 3 is 2.71 bits per heavy atom. The van der Waals surface area contributed by atoms with Gasteiger partial charge in [-0.05, 0) is 28.1 Å². The summed E-state index contributed by atoms with van der Waals surface area (Å²) >= 11 is 3.27. The molecule has 72 valence electrons. The molecular formula is C11H9BrO2. The second kappa shape index (κ2) is 3.88. The lowest BCUT2D eigenvalue weighted by Crippen LogP contribution is -1.85. The van der Waals surface area contributed by atoms with Gasteiger partial charge in [0.15, 0.2) is 4.67 Å². The second-order valence-corrected chi connectivity index (χ2v) is 3.62. The molecule has 0 aliphatic rings. The number of rotatable bonds is 2. The Labute approximate surface area is 90.6 Å². The summed E-state index contributed by atoms with van der Waals surface area (Å²) in [5, 5.41) is 0. The van der Waals surface area contributed by atoms with Gasteiger partial charge in [-0.3, -0.25) is 0 Å². The zero-order valence-corrected chi connectivity index (χ0v) is 9.24. The molecule has 1 aromatic carbocycles. The van der Waals surface area contributed by atoms with E-state index in [4.69, 9.17) is 9.15 Å². The fourth-order valence-electron chi connectivity index (χ4n) is 1.33. The van der Waals surface area contributed by atoms with Gasteiger partial charge in [0, 0.05) is 11.1 Å². The topological polar surface area (TPSA) is 22.4 Å². The predicted molar refractivity (Wildman–Crippen MR) is 58.4 cm³/mol. The van der Waals surface area contributed by atoms with Gasteiger partial charge in [-0.25, -0.2) is 0 Å². The summed E-state index contributed by atoms with van der Waals surface area (Å²) in [5.74, 6) is 0.848. The van der Waals surface area contributed by atoms with E-state index in [1.54, 1.807) is 13.4 Å². The maximum Gasteiger partial charge on any atom is 0.169 e. The highest BCUT2D eigenvalue weighted by Crippen LogP contribution is 2.31. The fourth-order valence-corrected chi connectivity index (χ4v) is 1.67. The number of benzene rings is 1. The minimum atomic E-state index is 0.721. The SMILES string of the molecule is COc1ccccc1-c1coc(Br)c1. The van der Waals surface area contributed by atoms with E-state index in [0.29, 0.717) is 0 Å². The first-order valence-electron chi connectivity index (χ1n) is 4.18. The van der Waals surface area contributed by atoms with Crippen molar-refractivity contribution in [1.29, 1.82) is 0 Å². The number of methoxy groups -OCH3 is 1. The van der Waals surface area contributed by atoms with E-state index in [0.717, 1.165) is 21.5 Å². The third-order valence-corrected chi connectivity index (χ3v) is 2.40. The third kappa shape index (κ3) is 1.68. The van der Waals surface area contributed by atoms with Crippen LogP contribution in [-0.2, 0) is 0 Å². The highest BCUT2D eigenvalue weighted by molar-refractivity contribution is 9.10. The average molecular weight is 253 g/mol. The Hall–Kier alpha value is -1.22. The van der Waals surface area contributed by atoms with Gasteiger partial charge < -0.3 is 9.15 Å². The highest BCUT2D eigenvalue weighted by atomic mass is 79.9. The number of hydrogen-bond donors (Lipinski definition) is 0. The zero-order valence-electron chi connectivity index (χ0n) is 7.66. The number of ether oxygens (including phenoxy) is 1. The van der Waals surface area contributed by atoms with Crippen LogP contribution in [0.1, 0.15) is 0 Å². The van der Waals surface area contributed by atoms with Gasteiger partial charge in [-0.15, -0.1) is 0 Å². The Balaban J connectivity index is 2.50. The van der Waals surface area contributed by atoms with Gasteiger partial charge in [0.25, 0.3) is 0 Å². The van der Waals surface area contributed by atoms with Gasteiger partial charge in [0.1, 0.15) is 5.75 Å². The summed E-state index contributed by atoms with van der Waals surface area (Å²) in [6, 6.07) is 9.75. The van der Waals surface area contributed by atoms with E-state index >= 15 is 0 Å². The van der Waals surface area contributed by atoms with E-state index in [2.05, 4.69) is 15.9 Å². The first kappa shape index (κ1) is 9.34. The van der Waals surface area contributed by atoms with Crippen molar-refractivity contribution < 1.29 is 9.15 Å². The van der Waals surface area contributed by atoms with Gasteiger partial charge in [0.05, 0.1) is 13.4 Å². The fraction of sp³-hybridized carbons (Fsp3) is 0.0909. The van der Waals surface area contributed by atoms with Crippen molar-refractivity contribution in [3.05, 3.63) is 41.3 Å². The van der Waals surface area contributed by atoms with Crippen molar-refractivity contribution >= 4 is 15.9 Å². The summed E-state index contributed by atoms with van der Waals surface area (Å²) in [5.41, 5.74) is 2.04. The van der Waals surface area contributed by atoms with Crippen LogP contribution < -0.4 is 4.74 Å². The molecule has 1 heterocycles. The van der Waals surface area contributed by atoms with Crippen LogP contribution in [0.5, 0.6) is 5.75 Å². The summed E-state index contributed by atoms with van der Waals surface area (Å²) < 4.78 is 11.2. The molecule has 0 amide bonds. The predicted octanol–water partition coefficient (Wildman–Crippen LogP) is 3.72. The second-order valence-electron chi connectivity index (χ2n) is 2.84. The molecule has 3 heteroatoms. The normalized spacial score (nSPS) is 10.1. The molecule has 2 rings (SSSR count). The Bertz CT molecular complexity index is 434. The summed E-state index contributed by atoms with van der Waals surface area (Å²) in [6.07, 6.45) is 1.70. The number of halogens is 1. The molecule has 0 N–H and O–H groups in total. The molecule has 2 aromatic rings. The molecule has 0 radical (unpaired) electrons. The molecule has 0 saturated carbocycles. The number of hydrogen-bond acceptors (Lipinski definition) is 2. The molecule has 0 saturated heterocycles. The molecular weight excluding hydrogens is 244 g/mol. The highest BCUT2D eigenvalue weighted by Gasteiger charge is 2.06. The van der Waals surface area contributed by atoms with Crippen LogP contribution in [0.2, 0.25) is 0 Å². The lowest BCUT2D eigenvalue weighted by molar-refractivity contribution is 0.416. The van der Waals surface area contributed by atoms with Crippen LogP contribution in [0, 0.1) is 0 Å². The summed E-state index contributed by atoms with van der Waals surface area (Å²) in [6.45, 7) is 0. The smallest absolute Gasteiger partial charge is 0.169 e. The molecule has 2 nitrogen and oxygen atoms in total. The first-order chi connectivity index (χ1) is 6.81. The van der Waals surface area contributed by atoms with Gasteiger partial charge in [0.2, 0.25) is 0 Å². The molecule has 0 spiro atoms.